The van der Waals surface area contributed by atoms with E-state index in [9.17, 15) is 9.90 Å². The summed E-state index contributed by atoms with van der Waals surface area (Å²) in [6.07, 6.45) is 1.29. The molecule has 1 amide bonds. The summed E-state index contributed by atoms with van der Waals surface area (Å²) in [4.78, 5) is 11.6. The number of rotatable bonds is 5. The summed E-state index contributed by atoms with van der Waals surface area (Å²) < 4.78 is 0. The maximum atomic E-state index is 11.6. The Morgan fingerprint density at radius 1 is 1.44 bits per heavy atom. The van der Waals surface area contributed by atoms with Crippen molar-refractivity contribution in [2.24, 2.45) is 5.92 Å². The van der Waals surface area contributed by atoms with E-state index in [1.54, 1.807) is 18.2 Å². The third-order valence-corrected chi connectivity index (χ3v) is 2.69. The summed E-state index contributed by atoms with van der Waals surface area (Å²) in [6, 6.07) is 6.92. The van der Waals surface area contributed by atoms with Crippen LogP contribution in [0.2, 0.25) is 0 Å². The van der Waals surface area contributed by atoms with Gasteiger partial charge in [0.25, 0.3) is 0 Å². The molecule has 1 rings (SSSR count). The van der Waals surface area contributed by atoms with Gasteiger partial charge in [0.15, 0.2) is 0 Å². The molecule has 0 bridgehead atoms. The molecule has 2 N–H and O–H groups in total. The molecule has 88 valence electrons. The zero-order chi connectivity index (χ0) is 12.0. The Morgan fingerprint density at radius 3 is 2.75 bits per heavy atom. The quantitative estimate of drug-likeness (QED) is 0.800. The molecule has 3 nitrogen and oxygen atoms in total. The van der Waals surface area contributed by atoms with Gasteiger partial charge in [-0.3, -0.25) is 4.79 Å². The minimum Gasteiger partial charge on any atom is -0.508 e. The fraction of sp³-hybridized carbons (Fsp3) is 0.462. The van der Waals surface area contributed by atoms with Gasteiger partial charge in [-0.25, -0.2) is 0 Å². The fourth-order valence-corrected chi connectivity index (χ4v) is 1.33. The predicted octanol–water partition coefficient (Wildman–Crippen LogP) is 2.10. The van der Waals surface area contributed by atoms with Crippen LogP contribution >= 0.6 is 0 Å². The van der Waals surface area contributed by atoms with E-state index in [2.05, 4.69) is 19.2 Å². The summed E-state index contributed by atoms with van der Waals surface area (Å²) in [5.74, 6) is 0.635. The number of amides is 1. The molecule has 0 radical (unpaired) electrons. The van der Waals surface area contributed by atoms with E-state index in [1.807, 2.05) is 6.07 Å². The van der Waals surface area contributed by atoms with Crippen molar-refractivity contribution in [1.29, 1.82) is 0 Å². The number of hydrogen-bond donors (Lipinski definition) is 2. The normalized spacial score (nSPS) is 12.1. The second kappa shape index (κ2) is 6.16. The molecule has 0 aliphatic heterocycles. The molecule has 0 spiro atoms. The third-order valence-electron chi connectivity index (χ3n) is 2.69. The van der Waals surface area contributed by atoms with Gasteiger partial charge < -0.3 is 10.4 Å². The molecule has 0 saturated heterocycles. The summed E-state index contributed by atoms with van der Waals surface area (Å²) in [7, 11) is 0. The highest BCUT2D eigenvalue weighted by Gasteiger charge is 2.07. The number of hydrogen-bond acceptors (Lipinski definition) is 2. The van der Waals surface area contributed by atoms with Crippen LogP contribution in [0.25, 0.3) is 0 Å². The summed E-state index contributed by atoms with van der Waals surface area (Å²) in [5.41, 5.74) is 0.671. The average molecular weight is 221 g/mol. The van der Waals surface area contributed by atoms with Crippen molar-refractivity contribution < 1.29 is 9.90 Å². The van der Waals surface area contributed by atoms with Crippen molar-refractivity contribution >= 4 is 5.91 Å². The highest BCUT2D eigenvalue weighted by molar-refractivity contribution is 5.79. The summed E-state index contributed by atoms with van der Waals surface area (Å²) in [6.45, 7) is 4.89. The van der Waals surface area contributed by atoms with Crippen LogP contribution < -0.4 is 5.32 Å². The van der Waals surface area contributed by atoms with Gasteiger partial charge in [0.1, 0.15) is 5.75 Å². The molecule has 0 fully saturated rings. The van der Waals surface area contributed by atoms with E-state index in [0.717, 1.165) is 6.42 Å². The first-order valence-electron chi connectivity index (χ1n) is 5.67. The predicted molar refractivity (Wildman–Crippen MR) is 64.3 cm³/mol. The lowest BCUT2D eigenvalue weighted by Crippen LogP contribution is -2.29. The van der Waals surface area contributed by atoms with Crippen LogP contribution in [0, 0.1) is 5.92 Å². The molecule has 0 aliphatic carbocycles. The van der Waals surface area contributed by atoms with Crippen LogP contribution in [0.1, 0.15) is 25.8 Å². The zero-order valence-corrected chi connectivity index (χ0v) is 9.86. The van der Waals surface area contributed by atoms with E-state index in [-0.39, 0.29) is 18.1 Å². The van der Waals surface area contributed by atoms with Crippen molar-refractivity contribution in [2.75, 3.05) is 6.54 Å². The van der Waals surface area contributed by atoms with Gasteiger partial charge in [0, 0.05) is 12.1 Å². The van der Waals surface area contributed by atoms with Crippen LogP contribution in [0.5, 0.6) is 5.75 Å². The van der Waals surface area contributed by atoms with E-state index in [0.29, 0.717) is 18.0 Å². The Labute approximate surface area is 96.5 Å². The van der Waals surface area contributed by atoms with Crippen LogP contribution in [0.3, 0.4) is 0 Å². The Hall–Kier alpha value is -1.51. The number of carbonyl (C=O) groups is 1. The second-order valence-corrected chi connectivity index (χ2v) is 4.12. The van der Waals surface area contributed by atoms with E-state index in [1.165, 1.54) is 0 Å². The van der Waals surface area contributed by atoms with Crippen molar-refractivity contribution in [3.8, 4) is 5.75 Å². The third kappa shape index (κ3) is 3.93. The number of para-hydroxylation sites is 1. The monoisotopic (exact) mass is 221 g/mol. The first kappa shape index (κ1) is 12.6. The van der Waals surface area contributed by atoms with Crippen molar-refractivity contribution in [3.05, 3.63) is 29.8 Å². The van der Waals surface area contributed by atoms with Gasteiger partial charge in [-0.05, 0) is 12.0 Å². The maximum absolute atomic E-state index is 11.6. The van der Waals surface area contributed by atoms with E-state index >= 15 is 0 Å². The van der Waals surface area contributed by atoms with E-state index < -0.39 is 0 Å². The molecule has 0 aliphatic rings. The summed E-state index contributed by atoms with van der Waals surface area (Å²) >= 11 is 0. The number of benzene rings is 1. The fourth-order valence-electron chi connectivity index (χ4n) is 1.33. The van der Waals surface area contributed by atoms with E-state index in [4.69, 9.17) is 0 Å². The lowest BCUT2D eigenvalue weighted by atomic mass is 10.1. The first-order chi connectivity index (χ1) is 7.63. The Morgan fingerprint density at radius 2 is 2.12 bits per heavy atom. The molecule has 0 aromatic heterocycles. The van der Waals surface area contributed by atoms with Gasteiger partial charge in [-0.15, -0.1) is 0 Å². The molecule has 3 heteroatoms. The van der Waals surface area contributed by atoms with Gasteiger partial charge >= 0.3 is 0 Å². The number of carbonyl (C=O) groups excluding carboxylic acids is 1. The number of phenols is 1. The molecule has 1 atom stereocenters. The lowest BCUT2D eigenvalue weighted by Gasteiger charge is -2.10. The van der Waals surface area contributed by atoms with Gasteiger partial charge in [0.05, 0.1) is 6.42 Å². The minimum atomic E-state index is -0.0400. The van der Waals surface area contributed by atoms with Crippen LogP contribution in [-0.4, -0.2) is 17.6 Å². The molecule has 0 heterocycles. The van der Waals surface area contributed by atoms with Crippen molar-refractivity contribution in [1.82, 2.24) is 5.32 Å². The molecule has 1 unspecified atom stereocenters. The maximum Gasteiger partial charge on any atom is 0.224 e. The first-order valence-corrected chi connectivity index (χ1v) is 5.67. The topological polar surface area (TPSA) is 49.3 Å². The standard InChI is InChI=1S/C13H19NO2/c1-3-10(2)9-14-13(16)8-11-6-4-5-7-12(11)15/h4-7,10,15H,3,8-9H2,1-2H3,(H,14,16). The van der Waals surface area contributed by atoms with Crippen LogP contribution in [-0.2, 0) is 11.2 Å². The van der Waals surface area contributed by atoms with Crippen LogP contribution in [0.15, 0.2) is 24.3 Å². The smallest absolute Gasteiger partial charge is 0.224 e. The number of nitrogens with one attached hydrogen (secondary N) is 1. The van der Waals surface area contributed by atoms with Gasteiger partial charge in [-0.1, -0.05) is 38.5 Å². The molecular formula is C13H19NO2. The molecule has 0 saturated carbocycles. The Bertz CT molecular complexity index is 350. The summed E-state index contributed by atoms with van der Waals surface area (Å²) in [5, 5.41) is 12.4. The number of phenolic OH excluding ortho intramolecular Hbond substituents is 1. The number of aromatic hydroxyl groups is 1. The van der Waals surface area contributed by atoms with Gasteiger partial charge in [-0.2, -0.15) is 0 Å². The molecule has 16 heavy (non-hydrogen) atoms. The molecule has 1 aromatic carbocycles. The second-order valence-electron chi connectivity index (χ2n) is 4.12. The highest BCUT2D eigenvalue weighted by Crippen LogP contribution is 2.15. The zero-order valence-electron chi connectivity index (χ0n) is 9.86. The lowest BCUT2D eigenvalue weighted by molar-refractivity contribution is -0.120. The van der Waals surface area contributed by atoms with Gasteiger partial charge in [0.2, 0.25) is 5.91 Å². The average Bonchev–Trinajstić information content (AvgIpc) is 2.29. The molecular weight excluding hydrogens is 202 g/mol. The highest BCUT2D eigenvalue weighted by atomic mass is 16.3. The minimum absolute atomic E-state index is 0.0400. The van der Waals surface area contributed by atoms with Crippen molar-refractivity contribution in [2.45, 2.75) is 26.7 Å². The SMILES string of the molecule is CCC(C)CNC(=O)Cc1ccccc1O. The van der Waals surface area contributed by atoms with Crippen molar-refractivity contribution in [3.63, 3.8) is 0 Å². The Balaban J connectivity index is 2.43. The van der Waals surface area contributed by atoms with Crippen LogP contribution in [0.4, 0.5) is 0 Å². The molecule has 1 aromatic rings. The Kier molecular flexibility index (Phi) is 4.83. The largest absolute Gasteiger partial charge is 0.508 e.